The number of carbonyl (C=O) groups excluding carboxylic acids is 1. The summed E-state index contributed by atoms with van der Waals surface area (Å²) >= 11 is 0. The number of amides is 1. The molecule has 0 saturated carbocycles. The van der Waals surface area contributed by atoms with Crippen LogP contribution in [0.5, 0.6) is 0 Å². The van der Waals surface area contributed by atoms with E-state index in [0.29, 0.717) is 44.8 Å². The molecule has 0 unspecified atom stereocenters. The highest BCUT2D eigenvalue weighted by Gasteiger charge is 2.28. The summed E-state index contributed by atoms with van der Waals surface area (Å²) in [5.74, 6) is 1.48. The number of nitrogens with zero attached hydrogens (tertiary/aromatic N) is 5. The van der Waals surface area contributed by atoms with Crippen molar-refractivity contribution in [3.63, 3.8) is 0 Å². The first-order valence-corrected chi connectivity index (χ1v) is 12.3. The Kier molecular flexibility index (Phi) is 6.24. The lowest BCUT2D eigenvalue weighted by atomic mass is 10.2. The minimum Gasteiger partial charge on any atom is -0.353 e. The average molecular weight is 444 g/mol. The zero-order valence-electron chi connectivity index (χ0n) is 18.1. The predicted octanol–water partition coefficient (Wildman–Crippen LogP) is 2.23. The predicted molar refractivity (Wildman–Crippen MR) is 119 cm³/mol. The molecule has 0 bridgehead atoms. The molecular weight excluding hydrogens is 414 g/mol. The van der Waals surface area contributed by atoms with E-state index in [0.717, 1.165) is 36.6 Å². The molecule has 1 amide bonds. The molecule has 2 aliphatic rings. The summed E-state index contributed by atoms with van der Waals surface area (Å²) in [7, 11) is -3.56. The van der Waals surface area contributed by atoms with Crippen LogP contribution in [0, 0.1) is 13.8 Å². The lowest BCUT2D eigenvalue weighted by Gasteiger charge is -2.35. The molecule has 9 heteroatoms. The zero-order chi connectivity index (χ0) is 22.0. The molecule has 2 aromatic rings. The molecule has 2 saturated heterocycles. The van der Waals surface area contributed by atoms with Crippen LogP contribution in [0.2, 0.25) is 0 Å². The Labute approximate surface area is 183 Å². The molecule has 166 valence electrons. The third-order valence-corrected chi connectivity index (χ3v) is 7.77. The van der Waals surface area contributed by atoms with Crippen LogP contribution in [-0.4, -0.2) is 72.8 Å². The van der Waals surface area contributed by atoms with Gasteiger partial charge in [0, 0.05) is 56.6 Å². The van der Waals surface area contributed by atoms with Gasteiger partial charge in [0.1, 0.15) is 11.6 Å². The maximum Gasteiger partial charge on any atom is 0.254 e. The molecule has 8 nitrogen and oxygen atoms in total. The molecule has 3 heterocycles. The second-order valence-corrected chi connectivity index (χ2v) is 10.1. The van der Waals surface area contributed by atoms with Gasteiger partial charge in [0.05, 0.1) is 4.90 Å². The van der Waals surface area contributed by atoms with Gasteiger partial charge in [0.25, 0.3) is 5.91 Å². The van der Waals surface area contributed by atoms with Crippen molar-refractivity contribution in [3.05, 3.63) is 47.4 Å². The van der Waals surface area contributed by atoms with Crippen molar-refractivity contribution in [1.29, 1.82) is 0 Å². The van der Waals surface area contributed by atoms with Gasteiger partial charge in [-0.05, 0) is 44.9 Å². The number of piperidine rings is 1. The zero-order valence-corrected chi connectivity index (χ0v) is 18.9. The molecule has 2 aliphatic heterocycles. The van der Waals surface area contributed by atoms with Gasteiger partial charge in [-0.3, -0.25) is 4.79 Å². The number of rotatable bonds is 4. The van der Waals surface area contributed by atoms with Gasteiger partial charge in [-0.15, -0.1) is 0 Å². The number of piperazine rings is 1. The van der Waals surface area contributed by atoms with Crippen molar-refractivity contribution in [2.75, 3.05) is 44.2 Å². The number of aryl methyl sites for hydroxylation is 2. The van der Waals surface area contributed by atoms with E-state index in [9.17, 15) is 13.2 Å². The van der Waals surface area contributed by atoms with Crippen molar-refractivity contribution in [2.45, 2.75) is 38.0 Å². The van der Waals surface area contributed by atoms with Gasteiger partial charge in [0.2, 0.25) is 10.0 Å². The second kappa shape index (κ2) is 8.92. The van der Waals surface area contributed by atoms with Crippen molar-refractivity contribution in [1.82, 2.24) is 19.2 Å². The molecule has 0 radical (unpaired) electrons. The van der Waals surface area contributed by atoms with Gasteiger partial charge in [-0.1, -0.05) is 12.5 Å². The maximum absolute atomic E-state index is 13.1. The topological polar surface area (TPSA) is 86.7 Å². The summed E-state index contributed by atoms with van der Waals surface area (Å²) in [5.41, 5.74) is 1.34. The Bertz CT molecular complexity index is 1040. The fraction of sp³-hybridized carbons (Fsp3) is 0.500. The van der Waals surface area contributed by atoms with Crippen molar-refractivity contribution in [2.24, 2.45) is 0 Å². The van der Waals surface area contributed by atoms with E-state index in [1.54, 1.807) is 23.1 Å². The summed E-state index contributed by atoms with van der Waals surface area (Å²) in [6, 6.07) is 8.42. The first-order valence-electron chi connectivity index (χ1n) is 10.8. The highest BCUT2D eigenvalue weighted by Crippen LogP contribution is 2.22. The van der Waals surface area contributed by atoms with E-state index in [2.05, 4.69) is 14.9 Å². The first-order chi connectivity index (χ1) is 14.8. The Morgan fingerprint density at radius 2 is 1.61 bits per heavy atom. The van der Waals surface area contributed by atoms with Gasteiger partial charge in [-0.25, -0.2) is 18.4 Å². The maximum atomic E-state index is 13.1. The van der Waals surface area contributed by atoms with Crippen LogP contribution in [0.25, 0.3) is 0 Å². The van der Waals surface area contributed by atoms with Crippen LogP contribution in [-0.2, 0) is 10.0 Å². The van der Waals surface area contributed by atoms with E-state index in [4.69, 9.17) is 0 Å². The largest absolute Gasteiger partial charge is 0.353 e. The molecule has 0 aliphatic carbocycles. The number of carbonyl (C=O) groups is 1. The molecule has 0 atom stereocenters. The van der Waals surface area contributed by atoms with Crippen LogP contribution in [0.15, 0.2) is 35.2 Å². The van der Waals surface area contributed by atoms with E-state index in [1.807, 2.05) is 19.9 Å². The van der Waals surface area contributed by atoms with E-state index in [-0.39, 0.29) is 10.8 Å². The van der Waals surface area contributed by atoms with Gasteiger partial charge >= 0.3 is 0 Å². The van der Waals surface area contributed by atoms with Gasteiger partial charge in [-0.2, -0.15) is 4.31 Å². The number of hydrogen-bond donors (Lipinski definition) is 0. The summed E-state index contributed by atoms with van der Waals surface area (Å²) in [4.78, 5) is 26.0. The van der Waals surface area contributed by atoms with Crippen LogP contribution in [0.1, 0.15) is 41.1 Å². The lowest BCUT2D eigenvalue weighted by Crippen LogP contribution is -2.49. The Balaban J connectivity index is 1.45. The lowest BCUT2D eigenvalue weighted by molar-refractivity contribution is 0.0746. The van der Waals surface area contributed by atoms with Crippen molar-refractivity contribution in [3.8, 4) is 0 Å². The first kappa shape index (κ1) is 21.7. The van der Waals surface area contributed by atoms with Crippen LogP contribution >= 0.6 is 0 Å². The number of sulfonamides is 1. The average Bonchev–Trinajstić information content (AvgIpc) is 2.79. The molecule has 0 N–H and O–H groups in total. The van der Waals surface area contributed by atoms with Crippen molar-refractivity contribution >= 4 is 21.7 Å². The summed E-state index contributed by atoms with van der Waals surface area (Å²) in [6.07, 6.45) is 2.83. The molecule has 4 rings (SSSR count). The Hall–Kier alpha value is -2.52. The normalized spacial score (nSPS) is 18.3. The van der Waals surface area contributed by atoms with Crippen LogP contribution < -0.4 is 4.90 Å². The van der Waals surface area contributed by atoms with E-state index in [1.165, 1.54) is 10.4 Å². The smallest absolute Gasteiger partial charge is 0.254 e. The van der Waals surface area contributed by atoms with Crippen molar-refractivity contribution < 1.29 is 13.2 Å². The second-order valence-electron chi connectivity index (χ2n) is 8.19. The molecule has 1 aromatic carbocycles. The highest BCUT2D eigenvalue weighted by atomic mass is 32.2. The van der Waals surface area contributed by atoms with E-state index >= 15 is 0 Å². The van der Waals surface area contributed by atoms with Gasteiger partial charge < -0.3 is 9.80 Å². The molecule has 2 fully saturated rings. The highest BCUT2D eigenvalue weighted by molar-refractivity contribution is 7.89. The molecule has 0 spiro atoms. The fourth-order valence-corrected chi connectivity index (χ4v) is 5.79. The SMILES string of the molecule is Cc1cc(N2CCN(C(=O)c3cccc(S(=O)(=O)N4CCCCC4)c3)CC2)nc(C)n1. The number of benzene rings is 1. The third-order valence-electron chi connectivity index (χ3n) is 5.88. The Morgan fingerprint density at radius 1 is 0.903 bits per heavy atom. The number of anilines is 1. The minimum atomic E-state index is -3.56. The minimum absolute atomic E-state index is 0.134. The summed E-state index contributed by atoms with van der Waals surface area (Å²) < 4.78 is 27.5. The third kappa shape index (κ3) is 4.72. The standard InChI is InChI=1S/C22H29N5O3S/c1-17-15-21(24-18(2)23-17)25-11-13-26(14-12-25)22(28)19-7-6-8-20(16-19)31(29,30)27-9-4-3-5-10-27/h6-8,15-16H,3-5,9-14H2,1-2H3. The van der Waals surface area contributed by atoms with Crippen LogP contribution in [0.3, 0.4) is 0 Å². The summed E-state index contributed by atoms with van der Waals surface area (Å²) in [6.45, 7) is 7.38. The van der Waals surface area contributed by atoms with Crippen LogP contribution in [0.4, 0.5) is 5.82 Å². The molecular formula is C22H29N5O3S. The molecule has 31 heavy (non-hydrogen) atoms. The monoisotopic (exact) mass is 443 g/mol. The van der Waals surface area contributed by atoms with Gasteiger partial charge in [0.15, 0.2) is 0 Å². The molecule has 1 aromatic heterocycles. The number of hydrogen-bond acceptors (Lipinski definition) is 6. The van der Waals surface area contributed by atoms with E-state index < -0.39 is 10.0 Å². The Morgan fingerprint density at radius 3 is 2.29 bits per heavy atom. The number of aromatic nitrogens is 2. The summed E-state index contributed by atoms with van der Waals surface area (Å²) in [5, 5.41) is 0. The quantitative estimate of drug-likeness (QED) is 0.720. The fourth-order valence-electron chi connectivity index (χ4n) is 4.22.